The Labute approximate surface area is 128 Å². The molecule has 0 aliphatic heterocycles. The predicted molar refractivity (Wildman–Crippen MR) is 81.1 cm³/mol. The first-order chi connectivity index (χ1) is 9.20. The van der Waals surface area contributed by atoms with Crippen LogP contribution in [0.4, 0.5) is 0 Å². The van der Waals surface area contributed by atoms with Gasteiger partial charge >= 0.3 is 0 Å². The quantitative estimate of drug-likeness (QED) is 0.836. The highest BCUT2D eigenvalue weighted by Crippen LogP contribution is 2.29. The van der Waals surface area contributed by atoms with Crippen molar-refractivity contribution in [3.63, 3.8) is 0 Å². The van der Waals surface area contributed by atoms with Gasteiger partial charge in [0, 0.05) is 22.3 Å². The average Bonchev–Trinajstić information content (AvgIpc) is 2.37. The van der Waals surface area contributed by atoms with E-state index in [2.05, 4.69) is 5.32 Å². The van der Waals surface area contributed by atoms with E-state index in [0.29, 0.717) is 5.56 Å². The summed E-state index contributed by atoms with van der Waals surface area (Å²) in [5.74, 6) is -0.333. The second-order valence-electron chi connectivity index (χ2n) is 4.53. The number of carbonyl (C=O) groups excluding carboxylic acids is 1. The summed E-state index contributed by atoms with van der Waals surface area (Å²) in [6.45, 7) is 5.56. The standard InChI is InChI=1S/C13H17Cl2NO3S/c1-4-10(5-2)16-13(17)9-6-8(3)12(14)11(7-9)20(15,18)19/h6-7,10H,4-5H2,1-3H3,(H,16,17). The van der Waals surface area contributed by atoms with Crippen molar-refractivity contribution < 1.29 is 13.2 Å². The molecule has 0 aliphatic carbocycles. The van der Waals surface area contributed by atoms with E-state index in [1.54, 1.807) is 13.0 Å². The maximum absolute atomic E-state index is 12.1. The number of hydrogen-bond donors (Lipinski definition) is 1. The van der Waals surface area contributed by atoms with Gasteiger partial charge in [0.2, 0.25) is 0 Å². The molecule has 0 aliphatic rings. The van der Waals surface area contributed by atoms with Crippen LogP contribution in [0.2, 0.25) is 5.02 Å². The molecule has 0 bridgehead atoms. The molecular formula is C13H17Cl2NO3S. The molecule has 7 heteroatoms. The van der Waals surface area contributed by atoms with Crippen molar-refractivity contribution in [2.75, 3.05) is 0 Å². The first kappa shape index (κ1) is 17.3. The number of rotatable bonds is 5. The molecule has 112 valence electrons. The molecule has 1 rings (SSSR count). The average molecular weight is 338 g/mol. The van der Waals surface area contributed by atoms with Crippen LogP contribution < -0.4 is 5.32 Å². The molecule has 0 heterocycles. The monoisotopic (exact) mass is 337 g/mol. The van der Waals surface area contributed by atoms with Crippen LogP contribution in [0.3, 0.4) is 0 Å². The predicted octanol–water partition coefficient (Wildman–Crippen LogP) is 3.49. The SMILES string of the molecule is CCC(CC)NC(=O)c1cc(C)c(Cl)c(S(=O)(=O)Cl)c1. The van der Waals surface area contributed by atoms with Crippen LogP contribution in [0.15, 0.2) is 17.0 Å². The summed E-state index contributed by atoms with van der Waals surface area (Å²) >= 11 is 5.92. The van der Waals surface area contributed by atoms with Crippen molar-refractivity contribution in [3.05, 3.63) is 28.3 Å². The lowest BCUT2D eigenvalue weighted by Gasteiger charge is -2.15. The Morgan fingerprint density at radius 2 is 1.85 bits per heavy atom. The molecule has 1 aromatic rings. The van der Waals surface area contributed by atoms with Gasteiger partial charge in [-0.25, -0.2) is 8.42 Å². The van der Waals surface area contributed by atoms with Gasteiger partial charge < -0.3 is 5.32 Å². The van der Waals surface area contributed by atoms with E-state index < -0.39 is 9.05 Å². The summed E-state index contributed by atoms with van der Waals surface area (Å²) in [7, 11) is 1.34. The van der Waals surface area contributed by atoms with E-state index in [1.165, 1.54) is 6.07 Å². The van der Waals surface area contributed by atoms with Gasteiger partial charge in [-0.1, -0.05) is 25.4 Å². The van der Waals surface area contributed by atoms with Crippen LogP contribution in [-0.2, 0) is 9.05 Å². The minimum atomic E-state index is -3.99. The molecule has 0 radical (unpaired) electrons. The minimum Gasteiger partial charge on any atom is -0.349 e. The highest BCUT2D eigenvalue weighted by atomic mass is 35.7. The van der Waals surface area contributed by atoms with Crippen LogP contribution >= 0.6 is 22.3 Å². The molecule has 1 N–H and O–H groups in total. The maximum atomic E-state index is 12.1. The molecule has 0 saturated carbocycles. The second-order valence-corrected chi connectivity index (χ2v) is 7.44. The van der Waals surface area contributed by atoms with E-state index in [9.17, 15) is 13.2 Å². The van der Waals surface area contributed by atoms with Crippen molar-refractivity contribution in [2.24, 2.45) is 0 Å². The highest BCUT2D eigenvalue weighted by Gasteiger charge is 2.20. The Balaban J connectivity index is 3.21. The van der Waals surface area contributed by atoms with E-state index in [0.717, 1.165) is 12.8 Å². The van der Waals surface area contributed by atoms with Gasteiger partial charge in [0.1, 0.15) is 4.90 Å². The van der Waals surface area contributed by atoms with Crippen LogP contribution in [0.25, 0.3) is 0 Å². The second kappa shape index (κ2) is 6.78. The Bertz CT molecular complexity index is 610. The number of halogens is 2. The van der Waals surface area contributed by atoms with E-state index >= 15 is 0 Å². The summed E-state index contributed by atoms with van der Waals surface area (Å²) in [6, 6.07) is 2.80. The molecular weight excluding hydrogens is 321 g/mol. The third-order valence-corrected chi connectivity index (χ3v) is 5.03. The summed E-state index contributed by atoms with van der Waals surface area (Å²) in [5.41, 5.74) is 0.723. The van der Waals surface area contributed by atoms with Crippen LogP contribution in [0, 0.1) is 6.92 Å². The summed E-state index contributed by atoms with van der Waals surface area (Å²) < 4.78 is 22.9. The Hall–Kier alpha value is -0.780. The molecule has 0 saturated heterocycles. The van der Waals surface area contributed by atoms with E-state index in [1.807, 2.05) is 13.8 Å². The third kappa shape index (κ3) is 4.11. The molecule has 0 atom stereocenters. The molecule has 20 heavy (non-hydrogen) atoms. The van der Waals surface area contributed by atoms with Crippen LogP contribution in [0.5, 0.6) is 0 Å². The Kier molecular flexibility index (Phi) is 5.86. The lowest BCUT2D eigenvalue weighted by molar-refractivity contribution is 0.0934. The number of amides is 1. The number of nitrogens with one attached hydrogen (secondary N) is 1. The van der Waals surface area contributed by atoms with Gasteiger partial charge in [-0.05, 0) is 37.5 Å². The molecule has 1 amide bonds. The van der Waals surface area contributed by atoms with Crippen molar-refractivity contribution >= 4 is 37.2 Å². The molecule has 0 unspecified atom stereocenters. The first-order valence-corrected chi connectivity index (χ1v) is 8.95. The maximum Gasteiger partial charge on any atom is 0.262 e. The van der Waals surface area contributed by atoms with Gasteiger partial charge in [-0.2, -0.15) is 0 Å². The molecule has 4 nitrogen and oxygen atoms in total. The van der Waals surface area contributed by atoms with E-state index in [4.69, 9.17) is 22.3 Å². The number of hydrogen-bond acceptors (Lipinski definition) is 3. The topological polar surface area (TPSA) is 63.2 Å². The van der Waals surface area contributed by atoms with E-state index in [-0.39, 0.29) is 27.4 Å². The van der Waals surface area contributed by atoms with Crippen molar-refractivity contribution in [3.8, 4) is 0 Å². The summed E-state index contributed by atoms with van der Waals surface area (Å²) in [4.78, 5) is 11.9. The minimum absolute atomic E-state index is 0.0408. The first-order valence-electron chi connectivity index (χ1n) is 6.26. The summed E-state index contributed by atoms with van der Waals surface area (Å²) in [5, 5.41) is 2.88. The van der Waals surface area contributed by atoms with Crippen molar-refractivity contribution in [1.82, 2.24) is 5.32 Å². The number of carbonyl (C=O) groups is 1. The normalized spacial score (nSPS) is 11.7. The molecule has 0 fully saturated rings. The number of benzene rings is 1. The van der Waals surface area contributed by atoms with Crippen molar-refractivity contribution in [2.45, 2.75) is 44.6 Å². The Morgan fingerprint density at radius 3 is 2.30 bits per heavy atom. The fourth-order valence-electron chi connectivity index (χ4n) is 1.81. The van der Waals surface area contributed by atoms with Gasteiger partial charge in [0.15, 0.2) is 0 Å². The van der Waals surface area contributed by atoms with Crippen LogP contribution in [0.1, 0.15) is 42.6 Å². The molecule has 0 spiro atoms. The fraction of sp³-hybridized carbons (Fsp3) is 0.462. The zero-order valence-corrected chi connectivity index (χ0v) is 13.9. The van der Waals surface area contributed by atoms with Crippen LogP contribution in [-0.4, -0.2) is 20.4 Å². The smallest absolute Gasteiger partial charge is 0.262 e. The van der Waals surface area contributed by atoms with Gasteiger partial charge in [0.05, 0.1) is 5.02 Å². The fourth-order valence-corrected chi connectivity index (χ4v) is 3.35. The summed E-state index contributed by atoms with van der Waals surface area (Å²) in [6.07, 6.45) is 1.60. The zero-order chi connectivity index (χ0) is 15.5. The lowest BCUT2D eigenvalue weighted by atomic mass is 10.1. The lowest BCUT2D eigenvalue weighted by Crippen LogP contribution is -2.33. The van der Waals surface area contributed by atoms with Gasteiger partial charge in [0.25, 0.3) is 15.0 Å². The molecule has 0 aromatic heterocycles. The highest BCUT2D eigenvalue weighted by molar-refractivity contribution is 8.13. The number of aryl methyl sites for hydroxylation is 1. The Morgan fingerprint density at radius 1 is 1.30 bits per heavy atom. The van der Waals surface area contributed by atoms with Gasteiger partial charge in [-0.15, -0.1) is 0 Å². The van der Waals surface area contributed by atoms with Gasteiger partial charge in [-0.3, -0.25) is 4.79 Å². The zero-order valence-electron chi connectivity index (χ0n) is 11.5. The largest absolute Gasteiger partial charge is 0.349 e. The van der Waals surface area contributed by atoms with Crippen molar-refractivity contribution in [1.29, 1.82) is 0 Å². The third-order valence-electron chi connectivity index (χ3n) is 3.07. The molecule has 1 aromatic carbocycles.